The number of amides is 2. The van der Waals surface area contributed by atoms with Crippen molar-refractivity contribution < 1.29 is 24.2 Å². The van der Waals surface area contributed by atoms with Gasteiger partial charge in [-0.2, -0.15) is 0 Å². The molecule has 8 heteroatoms. The molecule has 2 N–H and O–H groups in total. The maximum Gasteiger partial charge on any atom is 0.407 e. The van der Waals surface area contributed by atoms with Crippen LogP contribution in [0.3, 0.4) is 0 Å². The zero-order chi connectivity index (χ0) is 24.8. The molecule has 2 amide bonds. The van der Waals surface area contributed by atoms with E-state index in [-0.39, 0.29) is 19.1 Å². The number of nitrogens with zero attached hydrogens (tertiary/aromatic N) is 2. The topological polar surface area (TPSA) is 109 Å². The van der Waals surface area contributed by atoms with Gasteiger partial charge in [0.2, 0.25) is 5.91 Å². The third-order valence-electron chi connectivity index (χ3n) is 6.13. The average Bonchev–Trinajstić information content (AvgIpc) is 3.19. The van der Waals surface area contributed by atoms with Gasteiger partial charge in [0.1, 0.15) is 12.6 Å². The van der Waals surface area contributed by atoms with Crippen LogP contribution in [0.1, 0.15) is 36.0 Å². The first-order valence-corrected chi connectivity index (χ1v) is 11.5. The normalized spacial score (nSPS) is 12.8. The molecule has 4 rings (SSSR count). The maximum atomic E-state index is 13.1. The molecule has 0 saturated heterocycles. The number of carbonyl (C=O) groups is 3. The number of carboxylic acid groups (broad SMARTS) is 1. The highest BCUT2D eigenvalue weighted by atomic mass is 16.5. The number of likely N-dealkylation sites (N-methyl/N-ethyl adjacent to an activating group) is 1. The van der Waals surface area contributed by atoms with E-state index >= 15 is 0 Å². The van der Waals surface area contributed by atoms with E-state index in [1.807, 2.05) is 48.5 Å². The number of fused-ring (bicyclic) bond motifs is 3. The lowest BCUT2D eigenvalue weighted by Gasteiger charge is -2.26. The Morgan fingerprint density at radius 2 is 1.60 bits per heavy atom. The molecule has 1 aliphatic rings. The number of aliphatic carboxylic acids is 1. The van der Waals surface area contributed by atoms with E-state index in [4.69, 9.17) is 4.74 Å². The molecular formula is C27H27N3O5. The van der Waals surface area contributed by atoms with Crippen molar-refractivity contribution in [3.63, 3.8) is 0 Å². The molecule has 0 saturated carbocycles. The van der Waals surface area contributed by atoms with E-state index in [0.29, 0.717) is 6.54 Å². The first kappa shape index (κ1) is 23.9. The van der Waals surface area contributed by atoms with Crippen molar-refractivity contribution in [2.75, 3.05) is 13.2 Å². The van der Waals surface area contributed by atoms with Crippen molar-refractivity contribution in [1.29, 1.82) is 0 Å². The van der Waals surface area contributed by atoms with Crippen LogP contribution in [0.4, 0.5) is 4.79 Å². The molecule has 180 valence electrons. The van der Waals surface area contributed by atoms with Crippen molar-refractivity contribution in [3.8, 4) is 11.1 Å². The van der Waals surface area contributed by atoms with Gasteiger partial charge in [-0.05, 0) is 46.9 Å². The molecule has 0 bridgehead atoms. The fraction of sp³-hybridized carbons (Fsp3) is 0.259. The van der Waals surface area contributed by atoms with Crippen LogP contribution in [-0.2, 0) is 20.9 Å². The number of carboxylic acids is 1. The lowest BCUT2D eigenvalue weighted by Crippen LogP contribution is -2.49. The summed E-state index contributed by atoms with van der Waals surface area (Å²) in [4.78, 5) is 42.7. The Morgan fingerprint density at radius 3 is 2.17 bits per heavy atom. The summed E-state index contributed by atoms with van der Waals surface area (Å²) in [6.07, 6.45) is 1.87. The SMILES string of the molecule is CCN(Cc1ccncc1)C(=O)C(CC(=O)O)NC(=O)OCC1c2ccccc2-c2ccccc21. The van der Waals surface area contributed by atoms with Crippen LogP contribution in [0.5, 0.6) is 0 Å². The number of carbonyl (C=O) groups excluding carboxylic acids is 2. The Hall–Kier alpha value is -4.20. The Kier molecular flexibility index (Phi) is 7.40. The predicted molar refractivity (Wildman–Crippen MR) is 130 cm³/mol. The average molecular weight is 474 g/mol. The molecule has 3 aromatic rings. The monoisotopic (exact) mass is 473 g/mol. The van der Waals surface area contributed by atoms with E-state index < -0.39 is 30.4 Å². The molecule has 0 spiro atoms. The summed E-state index contributed by atoms with van der Waals surface area (Å²) in [5.74, 6) is -1.82. The first-order valence-electron chi connectivity index (χ1n) is 11.5. The molecule has 8 nitrogen and oxygen atoms in total. The minimum absolute atomic E-state index is 0.0718. The smallest absolute Gasteiger partial charge is 0.407 e. The number of benzene rings is 2. The highest BCUT2D eigenvalue weighted by molar-refractivity contribution is 5.89. The Balaban J connectivity index is 1.43. The van der Waals surface area contributed by atoms with Crippen LogP contribution in [0.25, 0.3) is 11.1 Å². The Bertz CT molecular complexity index is 1170. The largest absolute Gasteiger partial charge is 0.481 e. The standard InChI is InChI=1S/C27H27N3O5/c1-2-30(16-18-11-13-28-14-12-18)26(33)24(15-25(31)32)29-27(34)35-17-23-21-9-5-3-7-19(21)20-8-4-6-10-22(20)23/h3-14,23-24H,2,15-17H2,1H3,(H,29,34)(H,31,32). The molecule has 0 aliphatic heterocycles. The fourth-order valence-electron chi connectivity index (χ4n) is 4.43. The molecule has 1 heterocycles. The molecule has 1 aliphatic carbocycles. The number of ether oxygens (including phenoxy) is 1. The third-order valence-corrected chi connectivity index (χ3v) is 6.13. The molecule has 35 heavy (non-hydrogen) atoms. The molecule has 0 fully saturated rings. The quantitative estimate of drug-likeness (QED) is 0.489. The molecule has 1 unspecified atom stereocenters. The van der Waals surface area contributed by atoms with Crippen LogP contribution >= 0.6 is 0 Å². The van der Waals surface area contributed by atoms with Crippen molar-refractivity contribution in [1.82, 2.24) is 15.2 Å². The number of alkyl carbamates (subject to hydrolysis) is 1. The number of pyridine rings is 1. The number of hydrogen-bond donors (Lipinski definition) is 2. The molecule has 2 aromatic carbocycles. The van der Waals surface area contributed by atoms with Gasteiger partial charge in [-0.15, -0.1) is 0 Å². The van der Waals surface area contributed by atoms with Gasteiger partial charge in [-0.25, -0.2) is 4.79 Å². The van der Waals surface area contributed by atoms with Gasteiger partial charge in [0.25, 0.3) is 0 Å². The predicted octanol–water partition coefficient (Wildman–Crippen LogP) is 3.81. The van der Waals surface area contributed by atoms with E-state index in [0.717, 1.165) is 27.8 Å². The van der Waals surface area contributed by atoms with Crippen molar-refractivity contribution in [2.45, 2.75) is 31.8 Å². The van der Waals surface area contributed by atoms with Crippen LogP contribution in [0.2, 0.25) is 0 Å². The molecule has 1 atom stereocenters. The Labute approximate surface area is 203 Å². The molecular weight excluding hydrogens is 446 g/mol. The summed E-state index contributed by atoms with van der Waals surface area (Å²) in [5, 5.41) is 11.8. The second-order valence-electron chi connectivity index (χ2n) is 8.33. The molecule has 0 radical (unpaired) electrons. The fourth-order valence-corrected chi connectivity index (χ4v) is 4.43. The third kappa shape index (κ3) is 5.48. The zero-order valence-corrected chi connectivity index (χ0v) is 19.4. The summed E-state index contributed by atoms with van der Waals surface area (Å²) >= 11 is 0. The summed E-state index contributed by atoms with van der Waals surface area (Å²) in [7, 11) is 0. The highest BCUT2D eigenvalue weighted by Crippen LogP contribution is 2.44. The summed E-state index contributed by atoms with van der Waals surface area (Å²) < 4.78 is 5.51. The number of rotatable bonds is 9. The maximum absolute atomic E-state index is 13.1. The van der Waals surface area contributed by atoms with Crippen molar-refractivity contribution >= 4 is 18.0 Å². The van der Waals surface area contributed by atoms with Gasteiger partial charge in [-0.1, -0.05) is 48.5 Å². The summed E-state index contributed by atoms with van der Waals surface area (Å²) in [6.45, 7) is 2.50. The summed E-state index contributed by atoms with van der Waals surface area (Å²) in [6, 6.07) is 18.2. The first-order chi connectivity index (χ1) is 17.0. The number of nitrogens with one attached hydrogen (secondary N) is 1. The highest BCUT2D eigenvalue weighted by Gasteiger charge is 2.31. The second-order valence-corrected chi connectivity index (χ2v) is 8.33. The van der Waals surface area contributed by atoms with Crippen LogP contribution in [0, 0.1) is 0 Å². The Morgan fingerprint density at radius 1 is 1.00 bits per heavy atom. The number of aromatic nitrogens is 1. The van der Waals surface area contributed by atoms with Crippen LogP contribution < -0.4 is 5.32 Å². The minimum atomic E-state index is -1.25. The van der Waals surface area contributed by atoms with Gasteiger partial charge in [0.15, 0.2) is 0 Å². The van der Waals surface area contributed by atoms with Gasteiger partial charge in [-0.3, -0.25) is 14.6 Å². The van der Waals surface area contributed by atoms with Crippen LogP contribution in [0.15, 0.2) is 73.1 Å². The van der Waals surface area contributed by atoms with E-state index in [1.54, 1.807) is 31.5 Å². The lowest BCUT2D eigenvalue weighted by molar-refractivity contribution is -0.142. The molecule has 1 aromatic heterocycles. The van der Waals surface area contributed by atoms with E-state index in [9.17, 15) is 19.5 Å². The minimum Gasteiger partial charge on any atom is -0.481 e. The zero-order valence-electron chi connectivity index (χ0n) is 19.4. The van der Waals surface area contributed by atoms with Crippen molar-refractivity contribution in [2.24, 2.45) is 0 Å². The second kappa shape index (κ2) is 10.8. The van der Waals surface area contributed by atoms with E-state index in [1.165, 1.54) is 4.90 Å². The van der Waals surface area contributed by atoms with Gasteiger partial charge in [0.05, 0.1) is 6.42 Å². The lowest BCUT2D eigenvalue weighted by atomic mass is 9.98. The van der Waals surface area contributed by atoms with Gasteiger partial charge in [0, 0.05) is 31.4 Å². The van der Waals surface area contributed by atoms with Gasteiger partial charge < -0.3 is 20.1 Å². The van der Waals surface area contributed by atoms with E-state index in [2.05, 4.69) is 10.3 Å². The summed E-state index contributed by atoms with van der Waals surface area (Å²) in [5.41, 5.74) is 5.19. The van der Waals surface area contributed by atoms with Gasteiger partial charge >= 0.3 is 12.1 Å². The van der Waals surface area contributed by atoms with Crippen molar-refractivity contribution in [3.05, 3.63) is 89.7 Å². The van der Waals surface area contributed by atoms with Crippen LogP contribution in [-0.4, -0.2) is 52.2 Å². The number of hydrogen-bond acceptors (Lipinski definition) is 5.